The fourth-order valence-electron chi connectivity index (χ4n) is 1.60. The molecule has 0 unspecified atom stereocenters. The first-order valence-corrected chi connectivity index (χ1v) is 6.64. The standard InChI is InChI=1S/C10H18N2O3S/c1-2-12(7-9(13)14)10(15)11-8-3-5-16-6-4-8/h8H,2-7H2,1H3,(H,11,15)(H,13,14). The van der Waals surface area contributed by atoms with E-state index in [0.717, 1.165) is 24.3 Å². The highest BCUT2D eigenvalue weighted by molar-refractivity contribution is 7.99. The van der Waals surface area contributed by atoms with E-state index >= 15 is 0 Å². The summed E-state index contributed by atoms with van der Waals surface area (Å²) in [6.45, 7) is 1.96. The number of rotatable bonds is 4. The van der Waals surface area contributed by atoms with E-state index in [9.17, 15) is 9.59 Å². The van der Waals surface area contributed by atoms with Crippen LogP contribution in [0, 0.1) is 0 Å². The first-order valence-electron chi connectivity index (χ1n) is 5.48. The second-order valence-electron chi connectivity index (χ2n) is 3.74. The van der Waals surface area contributed by atoms with Crippen LogP contribution in [0.4, 0.5) is 4.79 Å². The molecule has 2 N–H and O–H groups in total. The number of aliphatic carboxylic acids is 1. The average Bonchev–Trinajstić information content (AvgIpc) is 2.26. The van der Waals surface area contributed by atoms with Gasteiger partial charge in [0.25, 0.3) is 0 Å². The molecular formula is C10H18N2O3S. The quantitative estimate of drug-likeness (QED) is 0.776. The van der Waals surface area contributed by atoms with Gasteiger partial charge in [0.1, 0.15) is 6.54 Å². The molecule has 0 aromatic heterocycles. The summed E-state index contributed by atoms with van der Waals surface area (Å²) in [5.74, 6) is 1.16. The van der Waals surface area contributed by atoms with E-state index < -0.39 is 5.97 Å². The first kappa shape index (κ1) is 13.2. The molecule has 92 valence electrons. The molecular weight excluding hydrogens is 228 g/mol. The van der Waals surface area contributed by atoms with Gasteiger partial charge in [0.05, 0.1) is 0 Å². The van der Waals surface area contributed by atoms with Gasteiger partial charge in [-0.15, -0.1) is 0 Å². The number of nitrogens with zero attached hydrogens (tertiary/aromatic N) is 1. The Morgan fingerprint density at radius 1 is 1.44 bits per heavy atom. The third kappa shape index (κ3) is 4.30. The Morgan fingerprint density at radius 2 is 2.06 bits per heavy atom. The maximum Gasteiger partial charge on any atom is 0.323 e. The summed E-state index contributed by atoms with van der Waals surface area (Å²) in [6.07, 6.45) is 1.95. The fourth-order valence-corrected chi connectivity index (χ4v) is 2.70. The van der Waals surface area contributed by atoms with E-state index in [0.29, 0.717) is 6.54 Å². The third-order valence-electron chi connectivity index (χ3n) is 2.54. The summed E-state index contributed by atoms with van der Waals surface area (Å²) >= 11 is 1.89. The summed E-state index contributed by atoms with van der Waals surface area (Å²) in [7, 11) is 0. The van der Waals surface area contributed by atoms with E-state index in [4.69, 9.17) is 5.11 Å². The van der Waals surface area contributed by atoms with Gasteiger partial charge in [-0.25, -0.2) is 4.79 Å². The Bertz CT molecular complexity index is 254. The lowest BCUT2D eigenvalue weighted by atomic mass is 10.1. The van der Waals surface area contributed by atoms with Crippen molar-refractivity contribution in [2.75, 3.05) is 24.6 Å². The number of likely N-dealkylation sites (N-methyl/N-ethyl adjacent to an activating group) is 1. The average molecular weight is 246 g/mol. The number of nitrogens with one attached hydrogen (secondary N) is 1. The van der Waals surface area contributed by atoms with Gasteiger partial charge in [-0.1, -0.05) is 0 Å². The number of hydrogen-bond donors (Lipinski definition) is 2. The number of hydrogen-bond acceptors (Lipinski definition) is 3. The van der Waals surface area contributed by atoms with Crippen LogP contribution >= 0.6 is 11.8 Å². The smallest absolute Gasteiger partial charge is 0.323 e. The number of thioether (sulfide) groups is 1. The van der Waals surface area contributed by atoms with Crippen LogP contribution in [-0.4, -0.2) is 52.6 Å². The van der Waals surface area contributed by atoms with Gasteiger partial charge >= 0.3 is 12.0 Å². The molecule has 2 amide bonds. The lowest BCUT2D eigenvalue weighted by Crippen LogP contribution is -2.47. The van der Waals surface area contributed by atoms with E-state index in [1.807, 2.05) is 11.8 Å². The molecule has 1 aliphatic heterocycles. The van der Waals surface area contributed by atoms with E-state index in [2.05, 4.69) is 5.32 Å². The van der Waals surface area contributed by atoms with Gasteiger partial charge in [0.2, 0.25) is 0 Å². The molecule has 6 heteroatoms. The molecule has 0 spiro atoms. The number of amides is 2. The number of carboxylic acids is 1. The number of urea groups is 1. The number of carbonyl (C=O) groups excluding carboxylic acids is 1. The normalized spacial score (nSPS) is 16.8. The van der Waals surface area contributed by atoms with Crippen LogP contribution in [0.1, 0.15) is 19.8 Å². The Kier molecular flexibility index (Phi) is 5.45. The minimum Gasteiger partial charge on any atom is -0.480 e. The first-order chi connectivity index (χ1) is 7.63. The Morgan fingerprint density at radius 3 is 2.56 bits per heavy atom. The van der Waals surface area contributed by atoms with Crippen molar-refractivity contribution in [2.24, 2.45) is 0 Å². The maximum atomic E-state index is 11.7. The SMILES string of the molecule is CCN(CC(=O)O)C(=O)NC1CCSCC1. The monoisotopic (exact) mass is 246 g/mol. The van der Waals surface area contributed by atoms with Crippen molar-refractivity contribution in [1.29, 1.82) is 0 Å². The van der Waals surface area contributed by atoms with Gasteiger partial charge in [-0.3, -0.25) is 4.79 Å². The lowest BCUT2D eigenvalue weighted by Gasteiger charge is -2.26. The van der Waals surface area contributed by atoms with Crippen molar-refractivity contribution in [2.45, 2.75) is 25.8 Å². The minimum absolute atomic E-state index is 0.205. The zero-order chi connectivity index (χ0) is 12.0. The number of carboxylic acid groups (broad SMARTS) is 1. The summed E-state index contributed by atoms with van der Waals surface area (Å²) < 4.78 is 0. The van der Waals surface area contributed by atoms with Crippen LogP contribution in [0.3, 0.4) is 0 Å². The maximum absolute atomic E-state index is 11.7. The summed E-state index contributed by atoms with van der Waals surface area (Å²) in [5.41, 5.74) is 0. The lowest BCUT2D eigenvalue weighted by molar-refractivity contribution is -0.137. The molecule has 0 aliphatic carbocycles. The summed E-state index contributed by atoms with van der Waals surface area (Å²) in [6, 6.07) is -0.0570. The Balaban J connectivity index is 2.38. The van der Waals surface area contributed by atoms with Crippen LogP contribution in [0.2, 0.25) is 0 Å². The van der Waals surface area contributed by atoms with Crippen molar-refractivity contribution in [1.82, 2.24) is 10.2 Å². The molecule has 1 saturated heterocycles. The van der Waals surface area contributed by atoms with Gasteiger partial charge in [0, 0.05) is 12.6 Å². The molecule has 16 heavy (non-hydrogen) atoms. The molecule has 0 aromatic rings. The molecule has 1 rings (SSSR count). The van der Waals surface area contributed by atoms with Gasteiger partial charge in [0.15, 0.2) is 0 Å². The fraction of sp³-hybridized carbons (Fsp3) is 0.800. The highest BCUT2D eigenvalue weighted by Gasteiger charge is 2.20. The van der Waals surface area contributed by atoms with E-state index in [1.165, 1.54) is 4.90 Å². The van der Waals surface area contributed by atoms with Crippen LogP contribution in [0.5, 0.6) is 0 Å². The molecule has 1 aliphatic rings. The zero-order valence-electron chi connectivity index (χ0n) is 9.44. The second kappa shape index (κ2) is 6.62. The molecule has 0 atom stereocenters. The van der Waals surface area contributed by atoms with E-state index in [-0.39, 0.29) is 18.6 Å². The van der Waals surface area contributed by atoms with Crippen LogP contribution in [-0.2, 0) is 4.79 Å². The van der Waals surface area contributed by atoms with Crippen molar-refractivity contribution in [3.63, 3.8) is 0 Å². The van der Waals surface area contributed by atoms with Crippen molar-refractivity contribution < 1.29 is 14.7 Å². The Hall–Kier alpha value is -0.910. The predicted octanol–water partition coefficient (Wildman–Crippen LogP) is 0.998. The Labute approximate surface area is 99.6 Å². The highest BCUT2D eigenvalue weighted by atomic mass is 32.2. The minimum atomic E-state index is -0.976. The van der Waals surface area contributed by atoms with Gasteiger partial charge in [-0.2, -0.15) is 11.8 Å². The molecule has 0 saturated carbocycles. The molecule has 1 fully saturated rings. The van der Waals surface area contributed by atoms with Crippen molar-refractivity contribution in [3.8, 4) is 0 Å². The summed E-state index contributed by atoms with van der Waals surface area (Å²) in [4.78, 5) is 23.6. The largest absolute Gasteiger partial charge is 0.480 e. The second-order valence-corrected chi connectivity index (χ2v) is 4.97. The molecule has 0 bridgehead atoms. The molecule has 0 aromatic carbocycles. The third-order valence-corrected chi connectivity index (χ3v) is 3.59. The van der Waals surface area contributed by atoms with Gasteiger partial charge < -0.3 is 15.3 Å². The highest BCUT2D eigenvalue weighted by Crippen LogP contribution is 2.16. The topological polar surface area (TPSA) is 69.6 Å². The van der Waals surface area contributed by atoms with Crippen molar-refractivity contribution >= 4 is 23.8 Å². The van der Waals surface area contributed by atoms with Gasteiger partial charge in [-0.05, 0) is 31.3 Å². The molecule has 5 nitrogen and oxygen atoms in total. The molecule has 1 heterocycles. The summed E-state index contributed by atoms with van der Waals surface area (Å²) in [5, 5.41) is 11.5. The van der Waals surface area contributed by atoms with Crippen molar-refractivity contribution in [3.05, 3.63) is 0 Å². The zero-order valence-corrected chi connectivity index (χ0v) is 10.3. The van der Waals surface area contributed by atoms with E-state index in [1.54, 1.807) is 6.92 Å². The van der Waals surface area contributed by atoms with Crippen LogP contribution < -0.4 is 5.32 Å². The van der Waals surface area contributed by atoms with Crippen LogP contribution in [0.25, 0.3) is 0 Å². The molecule has 0 radical (unpaired) electrons. The number of carbonyl (C=O) groups is 2. The van der Waals surface area contributed by atoms with Crippen LogP contribution in [0.15, 0.2) is 0 Å². The predicted molar refractivity (Wildman–Crippen MR) is 63.8 cm³/mol.